The molecule has 110 valence electrons. The molecule has 1 aliphatic rings. The van der Waals surface area contributed by atoms with Crippen molar-refractivity contribution in [3.05, 3.63) is 35.9 Å². The number of benzene rings is 1. The highest BCUT2D eigenvalue weighted by molar-refractivity contribution is 5.85. The van der Waals surface area contributed by atoms with Crippen LogP contribution >= 0.6 is 12.4 Å². The Labute approximate surface area is 125 Å². The second-order valence-corrected chi connectivity index (χ2v) is 4.72. The van der Waals surface area contributed by atoms with E-state index in [1.807, 2.05) is 30.3 Å². The summed E-state index contributed by atoms with van der Waals surface area (Å²) >= 11 is 0. The van der Waals surface area contributed by atoms with E-state index in [9.17, 15) is 9.59 Å². The summed E-state index contributed by atoms with van der Waals surface area (Å²) in [6, 6.07) is 8.73. The van der Waals surface area contributed by atoms with Gasteiger partial charge in [0.2, 0.25) is 11.8 Å². The number of halogens is 1. The molecule has 0 bridgehead atoms. The molecule has 0 saturated carbocycles. The van der Waals surface area contributed by atoms with Crippen molar-refractivity contribution < 1.29 is 9.59 Å². The van der Waals surface area contributed by atoms with E-state index in [4.69, 9.17) is 5.73 Å². The van der Waals surface area contributed by atoms with E-state index in [1.54, 1.807) is 16.7 Å². The van der Waals surface area contributed by atoms with Crippen molar-refractivity contribution in [1.82, 2.24) is 9.80 Å². The summed E-state index contributed by atoms with van der Waals surface area (Å²) in [6.07, 6.45) is 0. The molecule has 6 heteroatoms. The van der Waals surface area contributed by atoms with Crippen LogP contribution in [0.25, 0.3) is 0 Å². The molecule has 1 fully saturated rings. The van der Waals surface area contributed by atoms with E-state index in [2.05, 4.69) is 0 Å². The normalized spacial score (nSPS) is 16.3. The first-order valence-electron chi connectivity index (χ1n) is 6.44. The largest absolute Gasteiger partial charge is 0.339 e. The van der Waals surface area contributed by atoms with E-state index < -0.39 is 6.04 Å². The molecule has 2 N–H and O–H groups in total. The van der Waals surface area contributed by atoms with Crippen molar-refractivity contribution in [2.75, 3.05) is 26.2 Å². The lowest BCUT2D eigenvalue weighted by molar-refractivity contribution is -0.139. The zero-order chi connectivity index (χ0) is 13.8. The molecule has 0 radical (unpaired) electrons. The molecule has 5 nitrogen and oxygen atoms in total. The topological polar surface area (TPSA) is 66.6 Å². The number of hydrogen-bond acceptors (Lipinski definition) is 3. The van der Waals surface area contributed by atoms with Gasteiger partial charge in [0.1, 0.15) is 6.04 Å². The monoisotopic (exact) mass is 297 g/mol. The fraction of sp³-hybridized carbons (Fsp3) is 0.429. The molecule has 1 aromatic carbocycles. The highest BCUT2D eigenvalue weighted by Gasteiger charge is 2.26. The minimum absolute atomic E-state index is 0. The second kappa shape index (κ2) is 7.26. The molecule has 0 spiro atoms. The maximum absolute atomic E-state index is 12.3. The minimum Gasteiger partial charge on any atom is -0.339 e. The van der Waals surface area contributed by atoms with E-state index in [-0.39, 0.29) is 24.2 Å². The van der Waals surface area contributed by atoms with Crippen LogP contribution in [0, 0.1) is 0 Å². The number of piperazine rings is 1. The summed E-state index contributed by atoms with van der Waals surface area (Å²) in [5.41, 5.74) is 6.81. The number of carbonyl (C=O) groups excluding carboxylic acids is 2. The van der Waals surface area contributed by atoms with Crippen LogP contribution in [0.3, 0.4) is 0 Å². The Hall–Kier alpha value is -1.59. The van der Waals surface area contributed by atoms with Crippen LogP contribution in [0.1, 0.15) is 18.5 Å². The maximum atomic E-state index is 12.3. The average molecular weight is 298 g/mol. The average Bonchev–Trinajstić information content (AvgIpc) is 2.46. The van der Waals surface area contributed by atoms with Crippen molar-refractivity contribution in [2.24, 2.45) is 5.73 Å². The van der Waals surface area contributed by atoms with Gasteiger partial charge in [-0.25, -0.2) is 0 Å². The Morgan fingerprint density at radius 1 is 1.05 bits per heavy atom. The molecular formula is C14H20ClN3O2. The number of nitrogens with zero attached hydrogens (tertiary/aromatic N) is 2. The van der Waals surface area contributed by atoms with Gasteiger partial charge in [0.05, 0.1) is 0 Å². The summed E-state index contributed by atoms with van der Waals surface area (Å²) in [5.74, 6) is -0.0196. The van der Waals surface area contributed by atoms with E-state index in [0.29, 0.717) is 26.2 Å². The number of amides is 2. The molecule has 1 aliphatic heterocycles. The number of rotatable bonds is 2. The lowest BCUT2D eigenvalue weighted by atomic mass is 10.1. The molecule has 1 unspecified atom stereocenters. The first-order valence-corrected chi connectivity index (χ1v) is 6.44. The molecule has 1 atom stereocenters. The molecule has 1 saturated heterocycles. The van der Waals surface area contributed by atoms with Crippen molar-refractivity contribution in [3.8, 4) is 0 Å². The molecule has 2 rings (SSSR count). The van der Waals surface area contributed by atoms with Crippen LogP contribution in [-0.4, -0.2) is 47.8 Å². The van der Waals surface area contributed by atoms with Crippen LogP contribution in [-0.2, 0) is 9.59 Å². The molecule has 1 aromatic rings. The van der Waals surface area contributed by atoms with E-state index in [1.165, 1.54) is 0 Å². The fourth-order valence-corrected chi connectivity index (χ4v) is 2.24. The van der Waals surface area contributed by atoms with Crippen LogP contribution in [0.4, 0.5) is 0 Å². The fourth-order valence-electron chi connectivity index (χ4n) is 2.24. The molecule has 2 amide bonds. The van der Waals surface area contributed by atoms with Gasteiger partial charge in [0, 0.05) is 33.1 Å². The quantitative estimate of drug-likeness (QED) is 0.878. The SMILES string of the molecule is CC(=O)N1CCN(C(=O)C(N)c2ccccc2)CC1.Cl. The van der Waals surface area contributed by atoms with Crippen LogP contribution in [0.2, 0.25) is 0 Å². The first kappa shape index (κ1) is 16.5. The first-order chi connectivity index (χ1) is 9.09. The van der Waals surface area contributed by atoms with Crippen LogP contribution < -0.4 is 5.73 Å². The zero-order valence-corrected chi connectivity index (χ0v) is 12.3. The lowest BCUT2D eigenvalue weighted by Gasteiger charge is -2.35. The number of hydrogen-bond donors (Lipinski definition) is 1. The van der Waals surface area contributed by atoms with Gasteiger partial charge in [-0.15, -0.1) is 12.4 Å². The smallest absolute Gasteiger partial charge is 0.244 e. The van der Waals surface area contributed by atoms with Gasteiger partial charge in [0.25, 0.3) is 0 Å². The molecular weight excluding hydrogens is 278 g/mol. The molecule has 0 aliphatic carbocycles. The van der Waals surface area contributed by atoms with Crippen LogP contribution in [0.5, 0.6) is 0 Å². The zero-order valence-electron chi connectivity index (χ0n) is 11.5. The van der Waals surface area contributed by atoms with Crippen molar-refractivity contribution in [2.45, 2.75) is 13.0 Å². The number of nitrogens with two attached hydrogens (primary N) is 1. The van der Waals surface area contributed by atoms with E-state index in [0.717, 1.165) is 5.56 Å². The number of carbonyl (C=O) groups is 2. The van der Waals surface area contributed by atoms with E-state index >= 15 is 0 Å². The maximum Gasteiger partial charge on any atom is 0.244 e. The predicted molar refractivity (Wildman–Crippen MR) is 79.5 cm³/mol. The highest BCUT2D eigenvalue weighted by Crippen LogP contribution is 2.14. The summed E-state index contributed by atoms with van der Waals surface area (Å²) < 4.78 is 0. The molecule has 1 heterocycles. The Morgan fingerprint density at radius 3 is 2.05 bits per heavy atom. The van der Waals surface area contributed by atoms with Crippen LogP contribution in [0.15, 0.2) is 30.3 Å². The highest BCUT2D eigenvalue weighted by atomic mass is 35.5. The molecule has 0 aromatic heterocycles. The lowest BCUT2D eigenvalue weighted by Crippen LogP contribution is -2.52. The van der Waals surface area contributed by atoms with Gasteiger partial charge in [0.15, 0.2) is 0 Å². The summed E-state index contributed by atoms with van der Waals surface area (Å²) in [6.45, 7) is 3.83. The molecule has 20 heavy (non-hydrogen) atoms. The van der Waals surface area contributed by atoms with Gasteiger partial charge in [-0.1, -0.05) is 30.3 Å². The Morgan fingerprint density at radius 2 is 1.55 bits per heavy atom. The summed E-state index contributed by atoms with van der Waals surface area (Å²) in [4.78, 5) is 27.0. The minimum atomic E-state index is -0.620. The standard InChI is InChI=1S/C14H19N3O2.ClH/c1-11(18)16-7-9-17(10-8-16)14(19)13(15)12-5-3-2-4-6-12;/h2-6,13H,7-10,15H2,1H3;1H. The Kier molecular flexibility index (Phi) is 5.98. The van der Waals surface area contributed by atoms with Gasteiger partial charge >= 0.3 is 0 Å². The third-order valence-corrected chi connectivity index (χ3v) is 3.46. The third kappa shape index (κ3) is 3.71. The Balaban J connectivity index is 0.00000200. The van der Waals surface area contributed by atoms with Crippen molar-refractivity contribution in [3.63, 3.8) is 0 Å². The van der Waals surface area contributed by atoms with Crippen molar-refractivity contribution in [1.29, 1.82) is 0 Å². The summed E-state index contributed by atoms with van der Waals surface area (Å²) in [7, 11) is 0. The van der Waals surface area contributed by atoms with Gasteiger partial charge in [-0.05, 0) is 5.56 Å². The van der Waals surface area contributed by atoms with Gasteiger partial charge in [-0.2, -0.15) is 0 Å². The van der Waals surface area contributed by atoms with Crippen molar-refractivity contribution >= 4 is 24.2 Å². The Bertz CT molecular complexity index is 459. The summed E-state index contributed by atoms with van der Waals surface area (Å²) in [5, 5.41) is 0. The van der Waals surface area contributed by atoms with Gasteiger partial charge in [-0.3, -0.25) is 9.59 Å². The second-order valence-electron chi connectivity index (χ2n) is 4.72. The van der Waals surface area contributed by atoms with Gasteiger partial charge < -0.3 is 15.5 Å². The third-order valence-electron chi connectivity index (χ3n) is 3.46. The predicted octanol–water partition coefficient (Wildman–Crippen LogP) is 0.799.